The van der Waals surface area contributed by atoms with Crippen molar-refractivity contribution in [3.63, 3.8) is 0 Å². The van der Waals surface area contributed by atoms with Crippen LogP contribution in [0.25, 0.3) is 0 Å². The Morgan fingerprint density at radius 3 is 2.46 bits per heavy atom. The van der Waals surface area contributed by atoms with E-state index in [9.17, 15) is 0 Å². The fourth-order valence-electron chi connectivity index (χ4n) is 1.77. The molecule has 72 valence electrons. The average molecular weight is 177 g/mol. The van der Waals surface area contributed by atoms with Crippen LogP contribution in [0.1, 0.15) is 37.3 Å². The van der Waals surface area contributed by atoms with Gasteiger partial charge in [0.05, 0.1) is 0 Å². The molecule has 2 N–H and O–H groups in total. The van der Waals surface area contributed by atoms with Crippen molar-refractivity contribution in [1.82, 2.24) is 0 Å². The molecule has 1 nitrogen and oxygen atoms in total. The highest BCUT2D eigenvalue weighted by atomic mass is 14.5. The fourth-order valence-corrected chi connectivity index (χ4v) is 1.77. The molecule has 1 unspecified atom stereocenters. The monoisotopic (exact) mass is 177 g/mol. The fraction of sp³-hybridized carbons (Fsp3) is 0.500. The van der Waals surface area contributed by atoms with E-state index in [4.69, 9.17) is 5.73 Å². The van der Waals surface area contributed by atoms with E-state index in [0.29, 0.717) is 5.92 Å². The van der Waals surface area contributed by atoms with E-state index in [1.54, 1.807) is 0 Å². The van der Waals surface area contributed by atoms with Crippen molar-refractivity contribution in [3.8, 4) is 0 Å². The summed E-state index contributed by atoms with van der Waals surface area (Å²) < 4.78 is 0. The third kappa shape index (κ3) is 2.31. The molecule has 1 aromatic carbocycles. The lowest BCUT2D eigenvalue weighted by molar-refractivity contribution is 0.667. The largest absolute Gasteiger partial charge is 0.330 e. The first kappa shape index (κ1) is 10.3. The number of hydrogen-bond donors (Lipinski definition) is 1. The van der Waals surface area contributed by atoms with Gasteiger partial charge in [0.1, 0.15) is 0 Å². The predicted molar refractivity (Wildman–Crippen MR) is 57.9 cm³/mol. The smallest absolute Gasteiger partial charge is 0.000824 e. The lowest BCUT2D eigenvalue weighted by Crippen LogP contribution is -2.13. The maximum atomic E-state index is 5.74. The van der Waals surface area contributed by atoms with Crippen LogP contribution in [0.2, 0.25) is 0 Å². The van der Waals surface area contributed by atoms with Crippen molar-refractivity contribution in [2.75, 3.05) is 6.54 Å². The van der Waals surface area contributed by atoms with Gasteiger partial charge in [-0.05, 0) is 36.4 Å². The van der Waals surface area contributed by atoms with Crippen LogP contribution in [0.15, 0.2) is 24.3 Å². The van der Waals surface area contributed by atoms with Crippen molar-refractivity contribution in [2.45, 2.75) is 32.6 Å². The first-order chi connectivity index (χ1) is 6.33. The van der Waals surface area contributed by atoms with Gasteiger partial charge in [0, 0.05) is 0 Å². The number of rotatable bonds is 4. The maximum Gasteiger partial charge on any atom is -0.000824 e. The zero-order valence-corrected chi connectivity index (χ0v) is 8.59. The van der Waals surface area contributed by atoms with E-state index in [-0.39, 0.29) is 0 Å². The molecule has 0 aliphatic heterocycles. The Bertz CT molecular complexity index is 251. The Morgan fingerprint density at radius 1 is 1.23 bits per heavy atom. The summed E-state index contributed by atoms with van der Waals surface area (Å²) in [6.07, 6.45) is 2.24. The quantitative estimate of drug-likeness (QED) is 0.752. The molecule has 0 heterocycles. The zero-order chi connectivity index (χ0) is 9.68. The second kappa shape index (κ2) is 5.03. The molecule has 0 amide bonds. The first-order valence-electron chi connectivity index (χ1n) is 5.11. The molecule has 1 aromatic rings. The summed E-state index contributed by atoms with van der Waals surface area (Å²) >= 11 is 0. The van der Waals surface area contributed by atoms with E-state index in [1.165, 1.54) is 11.1 Å². The van der Waals surface area contributed by atoms with Gasteiger partial charge in [-0.3, -0.25) is 0 Å². The van der Waals surface area contributed by atoms with Gasteiger partial charge in [-0.15, -0.1) is 0 Å². The van der Waals surface area contributed by atoms with Crippen molar-refractivity contribution >= 4 is 0 Å². The molecule has 0 saturated carbocycles. The Hall–Kier alpha value is -0.820. The van der Waals surface area contributed by atoms with Crippen molar-refractivity contribution < 1.29 is 0 Å². The molecule has 1 atom stereocenters. The lowest BCUT2D eigenvalue weighted by Gasteiger charge is -2.16. The highest BCUT2D eigenvalue weighted by Gasteiger charge is 2.09. The van der Waals surface area contributed by atoms with Gasteiger partial charge in [-0.1, -0.05) is 38.1 Å². The minimum Gasteiger partial charge on any atom is -0.330 e. The molecule has 1 rings (SSSR count). The average Bonchev–Trinajstić information content (AvgIpc) is 2.20. The standard InChI is InChI=1S/C12H19N/c1-3-10-7-5-6-8-12(10)11(4-2)9-13/h5-8,11H,3-4,9,13H2,1-2H3. The molecule has 0 aliphatic rings. The molecule has 0 bridgehead atoms. The second-order valence-electron chi connectivity index (χ2n) is 3.39. The number of nitrogens with two attached hydrogens (primary N) is 1. The third-order valence-corrected chi connectivity index (χ3v) is 2.65. The maximum absolute atomic E-state index is 5.74. The summed E-state index contributed by atoms with van der Waals surface area (Å²) in [6, 6.07) is 8.62. The van der Waals surface area contributed by atoms with Crippen LogP contribution in [-0.2, 0) is 6.42 Å². The van der Waals surface area contributed by atoms with Crippen molar-refractivity contribution in [1.29, 1.82) is 0 Å². The molecule has 0 aromatic heterocycles. The summed E-state index contributed by atoms with van der Waals surface area (Å²) in [4.78, 5) is 0. The topological polar surface area (TPSA) is 26.0 Å². The molecule has 0 saturated heterocycles. The van der Waals surface area contributed by atoms with Crippen LogP contribution in [0.5, 0.6) is 0 Å². The van der Waals surface area contributed by atoms with Crippen LogP contribution in [0, 0.1) is 0 Å². The Balaban J connectivity index is 2.96. The highest BCUT2D eigenvalue weighted by molar-refractivity contribution is 5.30. The molecular formula is C12H19N. The molecular weight excluding hydrogens is 158 g/mol. The van der Waals surface area contributed by atoms with Crippen LogP contribution < -0.4 is 5.73 Å². The molecule has 0 fully saturated rings. The number of hydrogen-bond acceptors (Lipinski definition) is 1. The van der Waals surface area contributed by atoms with Crippen LogP contribution in [-0.4, -0.2) is 6.54 Å². The van der Waals surface area contributed by atoms with E-state index >= 15 is 0 Å². The van der Waals surface area contributed by atoms with E-state index < -0.39 is 0 Å². The molecule has 0 spiro atoms. The first-order valence-corrected chi connectivity index (χ1v) is 5.11. The minimum absolute atomic E-state index is 0.538. The van der Waals surface area contributed by atoms with E-state index in [1.807, 2.05) is 0 Å². The Labute approximate surface area is 81.0 Å². The summed E-state index contributed by atoms with van der Waals surface area (Å²) in [7, 11) is 0. The minimum atomic E-state index is 0.538. The molecule has 0 radical (unpaired) electrons. The lowest BCUT2D eigenvalue weighted by atomic mass is 9.91. The van der Waals surface area contributed by atoms with Gasteiger partial charge in [0.2, 0.25) is 0 Å². The zero-order valence-electron chi connectivity index (χ0n) is 8.59. The van der Waals surface area contributed by atoms with Crippen molar-refractivity contribution in [2.24, 2.45) is 5.73 Å². The second-order valence-corrected chi connectivity index (χ2v) is 3.39. The molecule has 13 heavy (non-hydrogen) atoms. The summed E-state index contributed by atoms with van der Waals surface area (Å²) in [6.45, 7) is 5.15. The van der Waals surface area contributed by atoms with Gasteiger partial charge in [-0.25, -0.2) is 0 Å². The molecule has 1 heteroatoms. The van der Waals surface area contributed by atoms with Gasteiger partial charge < -0.3 is 5.73 Å². The number of aryl methyl sites for hydroxylation is 1. The summed E-state index contributed by atoms with van der Waals surface area (Å²) in [5, 5.41) is 0. The predicted octanol–water partition coefficient (Wildman–Crippen LogP) is 2.70. The summed E-state index contributed by atoms with van der Waals surface area (Å²) in [5.74, 6) is 0.538. The van der Waals surface area contributed by atoms with Gasteiger partial charge in [0.25, 0.3) is 0 Å². The SMILES string of the molecule is CCc1ccccc1C(CC)CN. The van der Waals surface area contributed by atoms with Gasteiger partial charge >= 0.3 is 0 Å². The van der Waals surface area contributed by atoms with E-state index in [0.717, 1.165) is 19.4 Å². The highest BCUT2D eigenvalue weighted by Crippen LogP contribution is 2.22. The van der Waals surface area contributed by atoms with Gasteiger partial charge in [-0.2, -0.15) is 0 Å². The van der Waals surface area contributed by atoms with Crippen LogP contribution >= 0.6 is 0 Å². The normalized spacial score (nSPS) is 12.8. The van der Waals surface area contributed by atoms with E-state index in [2.05, 4.69) is 38.1 Å². The van der Waals surface area contributed by atoms with Crippen LogP contribution in [0.3, 0.4) is 0 Å². The molecule has 0 aliphatic carbocycles. The van der Waals surface area contributed by atoms with Crippen molar-refractivity contribution in [3.05, 3.63) is 35.4 Å². The van der Waals surface area contributed by atoms with Crippen LogP contribution in [0.4, 0.5) is 0 Å². The van der Waals surface area contributed by atoms with Gasteiger partial charge in [0.15, 0.2) is 0 Å². The Kier molecular flexibility index (Phi) is 3.97. The Morgan fingerprint density at radius 2 is 1.92 bits per heavy atom. The summed E-state index contributed by atoms with van der Waals surface area (Å²) in [5.41, 5.74) is 8.62. The number of benzene rings is 1. The third-order valence-electron chi connectivity index (χ3n) is 2.65.